The third-order valence-electron chi connectivity index (χ3n) is 17.0. The third-order valence-corrected chi connectivity index (χ3v) is 18.2. The molecule has 0 saturated heterocycles. The van der Waals surface area contributed by atoms with E-state index in [1.165, 1.54) is 35.5 Å². The van der Waals surface area contributed by atoms with Crippen LogP contribution < -0.4 is 0 Å². The Bertz CT molecular complexity index is 3040. The van der Waals surface area contributed by atoms with E-state index >= 15 is 19.2 Å². The summed E-state index contributed by atoms with van der Waals surface area (Å²) in [6.07, 6.45) is 24.8. The first-order valence-electron chi connectivity index (χ1n) is 28.3. The Morgan fingerprint density at radius 3 is 0.757 bits per heavy atom. The van der Waals surface area contributed by atoms with Crippen molar-refractivity contribution in [2.24, 2.45) is 0 Å². The second-order valence-corrected chi connectivity index (χ2v) is 23.4. The van der Waals surface area contributed by atoms with Crippen molar-refractivity contribution in [2.75, 3.05) is 0 Å². The maximum atomic E-state index is 15.0. The Kier molecular flexibility index (Phi) is 16.2. The molecule has 388 valence electrons. The number of imide groups is 2. The Labute approximate surface area is 456 Å². The van der Waals surface area contributed by atoms with E-state index in [4.69, 9.17) is 46.4 Å². The summed E-state index contributed by atoms with van der Waals surface area (Å²) in [5.41, 5.74) is 1.35. The van der Waals surface area contributed by atoms with Crippen LogP contribution in [0.4, 0.5) is 0 Å². The van der Waals surface area contributed by atoms with Crippen molar-refractivity contribution >= 4 is 145 Å². The number of carbonyl (C=O) groups is 4. The quantitative estimate of drug-likeness (QED) is 0.0234. The van der Waals surface area contributed by atoms with Crippen molar-refractivity contribution in [1.82, 2.24) is 9.80 Å². The van der Waals surface area contributed by atoms with E-state index in [1.807, 2.05) is 24.3 Å². The summed E-state index contributed by atoms with van der Waals surface area (Å²) in [4.78, 5) is 63.2. The molecule has 10 heteroatoms. The van der Waals surface area contributed by atoms with Gasteiger partial charge in [0.2, 0.25) is 0 Å². The van der Waals surface area contributed by atoms with Gasteiger partial charge in [0.1, 0.15) is 0 Å². The minimum absolute atomic E-state index is 0.254. The minimum Gasteiger partial charge on any atom is -0.271 e. The van der Waals surface area contributed by atoms with Crippen molar-refractivity contribution in [1.29, 1.82) is 0 Å². The molecule has 0 fully saturated rings. The lowest BCUT2D eigenvalue weighted by Gasteiger charge is -2.36. The molecule has 0 radical (unpaired) electrons. The van der Waals surface area contributed by atoms with Crippen molar-refractivity contribution in [3.05, 3.63) is 90.9 Å². The van der Waals surface area contributed by atoms with E-state index in [1.54, 1.807) is 0 Å². The lowest BCUT2D eigenvalue weighted by Crippen LogP contribution is -2.47. The van der Waals surface area contributed by atoms with Crippen LogP contribution in [0.15, 0.2) is 48.5 Å². The van der Waals surface area contributed by atoms with Crippen LogP contribution in [0.2, 0.25) is 20.1 Å². The Balaban J connectivity index is 1.11. The highest BCUT2D eigenvalue weighted by molar-refractivity contribution is 6.51. The third kappa shape index (κ3) is 9.07. The molecule has 0 bridgehead atoms. The number of carbonyl (C=O) groups excluding carboxylic acids is 4. The average molecular weight is 1070 g/mol. The van der Waals surface area contributed by atoms with Gasteiger partial charge in [0.05, 0.1) is 42.3 Å². The zero-order valence-corrected chi connectivity index (χ0v) is 46.8. The van der Waals surface area contributed by atoms with E-state index in [2.05, 4.69) is 52.0 Å². The van der Waals surface area contributed by atoms with Gasteiger partial charge in [-0.2, -0.15) is 0 Å². The maximum Gasteiger partial charge on any atom is 0.263 e. The molecular formula is C64H70Cl4N2O4. The number of halogens is 4. The molecule has 4 amide bonds. The van der Waals surface area contributed by atoms with Crippen LogP contribution in [-0.2, 0) is 0 Å². The zero-order chi connectivity index (χ0) is 51.9. The van der Waals surface area contributed by atoms with E-state index in [0.29, 0.717) is 53.1 Å². The molecule has 8 aromatic carbocycles. The molecule has 0 aliphatic carbocycles. The number of unbranched alkanes of at least 4 members (excludes halogenated alkanes) is 16. The van der Waals surface area contributed by atoms with Crippen LogP contribution in [0.1, 0.15) is 223 Å². The smallest absolute Gasteiger partial charge is 0.263 e. The van der Waals surface area contributed by atoms with Gasteiger partial charge < -0.3 is 0 Å². The fraction of sp³-hybridized carbons (Fsp3) is 0.469. The number of amides is 4. The van der Waals surface area contributed by atoms with Gasteiger partial charge in [0, 0.05) is 22.9 Å². The number of benzene rings is 8. The van der Waals surface area contributed by atoms with Crippen LogP contribution in [0, 0.1) is 0 Å². The molecule has 0 atom stereocenters. The first-order valence-corrected chi connectivity index (χ1v) is 29.8. The Morgan fingerprint density at radius 1 is 0.311 bits per heavy atom. The number of hydrogen-bond acceptors (Lipinski definition) is 4. The summed E-state index contributed by atoms with van der Waals surface area (Å²) in [5, 5.41) is 12.7. The lowest BCUT2D eigenvalue weighted by atomic mass is 9.80. The number of nitrogens with zero attached hydrogens (tertiary/aromatic N) is 2. The topological polar surface area (TPSA) is 74.8 Å². The number of hydrogen-bond donors (Lipinski definition) is 0. The van der Waals surface area contributed by atoms with E-state index in [0.717, 1.165) is 193 Å². The highest BCUT2D eigenvalue weighted by atomic mass is 35.5. The molecule has 10 rings (SSSR count). The van der Waals surface area contributed by atoms with Crippen LogP contribution in [-0.4, -0.2) is 45.5 Å². The molecule has 2 aliphatic rings. The predicted octanol–water partition coefficient (Wildman–Crippen LogP) is 20.6. The maximum absolute atomic E-state index is 15.0. The monoisotopic (exact) mass is 1070 g/mol. The number of fused-ring (bicyclic) bond motifs is 4. The molecule has 0 N–H and O–H groups in total. The summed E-state index contributed by atoms with van der Waals surface area (Å²) in [5.74, 6) is -1.38. The first-order chi connectivity index (χ1) is 36.0. The summed E-state index contributed by atoms with van der Waals surface area (Å²) in [6.45, 7) is 8.82. The Hall–Kier alpha value is -4.46. The average Bonchev–Trinajstić information content (AvgIpc) is 3.38. The van der Waals surface area contributed by atoms with Crippen LogP contribution in [0.3, 0.4) is 0 Å². The first kappa shape index (κ1) is 53.0. The second kappa shape index (κ2) is 22.6. The van der Waals surface area contributed by atoms with Gasteiger partial charge in [-0.15, -0.1) is 0 Å². The fourth-order valence-corrected chi connectivity index (χ4v) is 14.4. The molecular weight excluding hydrogens is 1000 g/mol. The SMILES string of the molecule is CCCCCCCC(CCCCCCC)N1C(=O)c2c(Cl)cc3c4ccc5c6cc(Cl)c7c8c(c(Cl)cc(c9ccc(c%10cc(Cl)c(c2c3%10)C1=O)c4c59)c86)C(=O)N(C(CCCCCCC)CCCCCCC)C7=O. The molecule has 6 nitrogen and oxygen atoms in total. The molecule has 8 aromatic rings. The minimum atomic E-state index is -0.346. The molecule has 0 aromatic heterocycles. The van der Waals surface area contributed by atoms with Gasteiger partial charge in [-0.3, -0.25) is 29.0 Å². The highest BCUT2D eigenvalue weighted by Crippen LogP contribution is 2.53. The van der Waals surface area contributed by atoms with Crippen LogP contribution in [0.25, 0.3) is 75.4 Å². The van der Waals surface area contributed by atoms with Gasteiger partial charge in [-0.25, -0.2) is 0 Å². The van der Waals surface area contributed by atoms with Crippen molar-refractivity contribution in [2.45, 2.75) is 194 Å². The van der Waals surface area contributed by atoms with E-state index in [9.17, 15) is 0 Å². The number of rotatable bonds is 26. The summed E-state index contributed by atoms with van der Waals surface area (Å²) < 4.78 is 0. The van der Waals surface area contributed by atoms with E-state index in [-0.39, 0.29) is 35.7 Å². The second-order valence-electron chi connectivity index (χ2n) is 21.8. The van der Waals surface area contributed by atoms with Gasteiger partial charge in [-0.05, 0) is 115 Å². The van der Waals surface area contributed by atoms with Gasteiger partial charge in [-0.1, -0.05) is 227 Å². The summed E-state index contributed by atoms with van der Waals surface area (Å²) >= 11 is 29.5. The van der Waals surface area contributed by atoms with Crippen LogP contribution in [0.5, 0.6) is 0 Å². The molecule has 2 aliphatic heterocycles. The molecule has 74 heavy (non-hydrogen) atoms. The fourth-order valence-electron chi connectivity index (χ4n) is 13.3. The highest BCUT2D eigenvalue weighted by Gasteiger charge is 2.43. The summed E-state index contributed by atoms with van der Waals surface area (Å²) in [7, 11) is 0. The largest absolute Gasteiger partial charge is 0.271 e. The lowest BCUT2D eigenvalue weighted by molar-refractivity contribution is 0.0501. The molecule has 0 saturated carbocycles. The van der Waals surface area contributed by atoms with Crippen molar-refractivity contribution in [3.63, 3.8) is 0 Å². The van der Waals surface area contributed by atoms with Gasteiger partial charge in [0.15, 0.2) is 0 Å². The van der Waals surface area contributed by atoms with Crippen molar-refractivity contribution in [3.8, 4) is 0 Å². The zero-order valence-electron chi connectivity index (χ0n) is 43.8. The molecule has 0 unspecified atom stereocenters. The Morgan fingerprint density at radius 2 is 0.527 bits per heavy atom. The van der Waals surface area contributed by atoms with Crippen molar-refractivity contribution < 1.29 is 19.2 Å². The predicted molar refractivity (Wildman–Crippen MR) is 313 cm³/mol. The molecule has 0 spiro atoms. The van der Waals surface area contributed by atoms with Gasteiger partial charge in [0.25, 0.3) is 23.6 Å². The standard InChI is InChI=1S/C64H70Cl4N2O4/c1-5-9-13-17-21-25-37(26-22-18-14-10-6-2)69-61(71)55-47(65)33-43-39-29-31-41-45-35-49(67)57-60-54(45)46(42-32-30-40(51(39)52(41)42)44-34-48(66)56(62(69)72)59(55)53(43)44)36-50(68)58(60)64(74)70(63(57)73)38(27-23-19-15-11-7-3)28-24-20-16-12-8-4/h29-38H,5-28H2,1-4H3. The normalized spacial score (nSPS) is 14.2. The van der Waals surface area contributed by atoms with Crippen LogP contribution >= 0.6 is 46.4 Å². The van der Waals surface area contributed by atoms with Gasteiger partial charge >= 0.3 is 0 Å². The summed E-state index contributed by atoms with van der Waals surface area (Å²) in [6, 6.07) is 15.5. The van der Waals surface area contributed by atoms with E-state index < -0.39 is 0 Å². The molecule has 2 heterocycles.